The minimum absolute atomic E-state index is 0.126. The largest absolute Gasteiger partial charge is 0.491 e. The van der Waals surface area contributed by atoms with E-state index in [0.717, 1.165) is 38.9 Å². The second-order valence-corrected chi connectivity index (χ2v) is 8.51. The molecule has 0 bridgehead atoms. The Labute approximate surface area is 182 Å². The maximum atomic E-state index is 12.6. The normalized spacial score (nSPS) is 16.4. The molecule has 2 aromatic carbocycles. The molecular weight excluding hydrogens is 454 g/mol. The fraction of sp³-hybridized carbons (Fsp3) is 0.227. The number of rotatable bonds is 7. The van der Waals surface area contributed by atoms with E-state index in [9.17, 15) is 14.4 Å². The number of hydrogen-bond acceptors (Lipinski definition) is 5. The van der Waals surface area contributed by atoms with E-state index in [1.807, 2.05) is 31.2 Å². The first-order chi connectivity index (χ1) is 13.9. The standard InChI is InChI=1S/C22H20BrNO4S/c1-3-14(2)28-18-10-4-15(5-11-18)12-20-21(26)24(22(27)29-20)13-19(25)16-6-8-17(23)9-7-16/h4-12,14H,3,13H2,1-2H3/b20-12-/t14-/m1/s1. The molecule has 1 fully saturated rings. The molecule has 3 rings (SSSR count). The molecule has 2 amide bonds. The first-order valence-electron chi connectivity index (χ1n) is 9.18. The van der Waals surface area contributed by atoms with Crippen molar-refractivity contribution in [3.8, 4) is 5.75 Å². The molecule has 150 valence electrons. The van der Waals surface area contributed by atoms with Crippen molar-refractivity contribution in [1.29, 1.82) is 0 Å². The van der Waals surface area contributed by atoms with Gasteiger partial charge < -0.3 is 4.74 Å². The van der Waals surface area contributed by atoms with Gasteiger partial charge in [-0.1, -0.05) is 47.1 Å². The monoisotopic (exact) mass is 473 g/mol. The van der Waals surface area contributed by atoms with Crippen LogP contribution >= 0.6 is 27.7 Å². The van der Waals surface area contributed by atoms with Gasteiger partial charge >= 0.3 is 0 Å². The predicted molar refractivity (Wildman–Crippen MR) is 118 cm³/mol. The van der Waals surface area contributed by atoms with Gasteiger partial charge in [-0.2, -0.15) is 0 Å². The lowest BCUT2D eigenvalue weighted by Crippen LogP contribution is -2.33. The molecule has 0 saturated carbocycles. The maximum absolute atomic E-state index is 12.6. The molecule has 0 spiro atoms. The summed E-state index contributed by atoms with van der Waals surface area (Å²) in [6, 6.07) is 14.1. The highest BCUT2D eigenvalue weighted by atomic mass is 79.9. The van der Waals surface area contributed by atoms with Crippen LogP contribution in [-0.4, -0.2) is 34.5 Å². The molecule has 2 aromatic rings. The summed E-state index contributed by atoms with van der Waals surface area (Å²) >= 11 is 4.15. The van der Waals surface area contributed by atoms with Crippen molar-refractivity contribution in [2.75, 3.05) is 6.54 Å². The van der Waals surface area contributed by atoms with E-state index >= 15 is 0 Å². The molecule has 0 aliphatic carbocycles. The Morgan fingerprint density at radius 3 is 2.41 bits per heavy atom. The molecule has 0 unspecified atom stereocenters. The van der Waals surface area contributed by atoms with Gasteiger partial charge in [0.25, 0.3) is 11.1 Å². The van der Waals surface area contributed by atoms with Gasteiger partial charge in [-0.15, -0.1) is 0 Å². The summed E-state index contributed by atoms with van der Waals surface area (Å²) in [7, 11) is 0. The lowest BCUT2D eigenvalue weighted by Gasteiger charge is -2.12. The van der Waals surface area contributed by atoms with E-state index in [2.05, 4.69) is 22.9 Å². The number of imide groups is 1. The quantitative estimate of drug-likeness (QED) is 0.389. The van der Waals surface area contributed by atoms with Gasteiger partial charge in [0, 0.05) is 10.0 Å². The molecule has 5 nitrogen and oxygen atoms in total. The van der Waals surface area contributed by atoms with Gasteiger partial charge in [0.15, 0.2) is 5.78 Å². The van der Waals surface area contributed by atoms with Crippen LogP contribution in [-0.2, 0) is 4.79 Å². The Morgan fingerprint density at radius 1 is 1.14 bits per heavy atom. The van der Waals surface area contributed by atoms with E-state index < -0.39 is 11.1 Å². The Kier molecular flexibility index (Phi) is 6.92. The molecule has 7 heteroatoms. The fourth-order valence-electron chi connectivity index (χ4n) is 2.62. The second-order valence-electron chi connectivity index (χ2n) is 6.60. The van der Waals surface area contributed by atoms with Crippen LogP contribution in [0.5, 0.6) is 5.75 Å². The van der Waals surface area contributed by atoms with Crippen molar-refractivity contribution < 1.29 is 19.1 Å². The van der Waals surface area contributed by atoms with Crippen molar-refractivity contribution in [2.24, 2.45) is 0 Å². The average Bonchev–Trinajstić information content (AvgIpc) is 2.97. The summed E-state index contributed by atoms with van der Waals surface area (Å²) in [6.07, 6.45) is 2.69. The van der Waals surface area contributed by atoms with E-state index in [0.29, 0.717) is 10.5 Å². The highest BCUT2D eigenvalue weighted by molar-refractivity contribution is 9.10. The number of nitrogens with zero attached hydrogens (tertiary/aromatic N) is 1. The number of Topliss-reactive ketones (excluding diaryl/α,β-unsaturated/α-hetero) is 1. The van der Waals surface area contributed by atoms with Crippen LogP contribution in [0.15, 0.2) is 57.9 Å². The number of benzene rings is 2. The van der Waals surface area contributed by atoms with E-state index in [-0.39, 0.29) is 18.4 Å². The van der Waals surface area contributed by atoms with Crippen molar-refractivity contribution in [1.82, 2.24) is 4.90 Å². The Balaban J connectivity index is 1.69. The minimum atomic E-state index is -0.453. The second kappa shape index (κ2) is 9.41. The van der Waals surface area contributed by atoms with E-state index in [4.69, 9.17) is 4.74 Å². The van der Waals surface area contributed by atoms with Gasteiger partial charge in [0.2, 0.25) is 0 Å². The lowest BCUT2D eigenvalue weighted by molar-refractivity contribution is -0.122. The van der Waals surface area contributed by atoms with Crippen LogP contribution in [0.25, 0.3) is 6.08 Å². The highest BCUT2D eigenvalue weighted by Crippen LogP contribution is 2.32. The zero-order chi connectivity index (χ0) is 21.0. The van der Waals surface area contributed by atoms with Crippen LogP contribution in [0.2, 0.25) is 0 Å². The van der Waals surface area contributed by atoms with E-state index in [1.54, 1.807) is 30.3 Å². The molecule has 0 aromatic heterocycles. The van der Waals surface area contributed by atoms with Gasteiger partial charge in [-0.3, -0.25) is 19.3 Å². The van der Waals surface area contributed by atoms with Crippen LogP contribution in [0.1, 0.15) is 36.2 Å². The third-order valence-electron chi connectivity index (χ3n) is 4.43. The van der Waals surface area contributed by atoms with Gasteiger partial charge in [0.1, 0.15) is 5.75 Å². The summed E-state index contributed by atoms with van der Waals surface area (Å²) < 4.78 is 6.59. The Bertz CT molecular complexity index is 954. The first kappa shape index (κ1) is 21.3. The SMILES string of the molecule is CC[C@@H](C)Oc1ccc(/C=C2\SC(=O)N(CC(=O)c3ccc(Br)cc3)C2=O)cc1. The highest BCUT2D eigenvalue weighted by Gasteiger charge is 2.36. The molecule has 1 atom stereocenters. The smallest absolute Gasteiger partial charge is 0.293 e. The fourth-order valence-corrected chi connectivity index (χ4v) is 3.72. The van der Waals surface area contributed by atoms with Gasteiger partial charge in [0.05, 0.1) is 17.6 Å². The summed E-state index contributed by atoms with van der Waals surface area (Å²) in [5.74, 6) is 0.0164. The molecule has 1 aliphatic heterocycles. The predicted octanol–water partition coefficient (Wildman–Crippen LogP) is 5.55. The topological polar surface area (TPSA) is 63.7 Å². The number of ketones is 1. The lowest BCUT2D eigenvalue weighted by atomic mass is 10.1. The van der Waals surface area contributed by atoms with Crippen LogP contribution in [0.3, 0.4) is 0 Å². The molecular formula is C22H20BrNO4S. The summed E-state index contributed by atoms with van der Waals surface area (Å²) in [4.78, 5) is 38.6. The summed E-state index contributed by atoms with van der Waals surface area (Å²) in [5.41, 5.74) is 1.24. The number of halogens is 1. The number of amides is 2. The number of hydrogen-bond donors (Lipinski definition) is 0. The third kappa shape index (κ3) is 5.36. The van der Waals surface area contributed by atoms with Crippen molar-refractivity contribution in [3.05, 3.63) is 69.0 Å². The van der Waals surface area contributed by atoms with Crippen LogP contribution in [0.4, 0.5) is 4.79 Å². The third-order valence-corrected chi connectivity index (χ3v) is 5.87. The van der Waals surface area contributed by atoms with Gasteiger partial charge in [-0.25, -0.2) is 0 Å². The molecule has 1 heterocycles. The van der Waals surface area contributed by atoms with Crippen molar-refractivity contribution in [2.45, 2.75) is 26.4 Å². The molecule has 29 heavy (non-hydrogen) atoms. The number of carbonyl (C=O) groups is 3. The number of ether oxygens (including phenoxy) is 1. The first-order valence-corrected chi connectivity index (χ1v) is 10.8. The Hall–Kier alpha value is -2.38. The maximum Gasteiger partial charge on any atom is 0.293 e. The average molecular weight is 474 g/mol. The van der Waals surface area contributed by atoms with Crippen LogP contribution < -0.4 is 4.74 Å². The number of thioether (sulfide) groups is 1. The zero-order valence-corrected chi connectivity index (χ0v) is 18.5. The van der Waals surface area contributed by atoms with E-state index in [1.165, 1.54) is 0 Å². The summed E-state index contributed by atoms with van der Waals surface area (Å²) in [5, 5.41) is -0.441. The van der Waals surface area contributed by atoms with Crippen LogP contribution in [0, 0.1) is 0 Å². The molecule has 0 radical (unpaired) electrons. The van der Waals surface area contributed by atoms with Crippen molar-refractivity contribution in [3.63, 3.8) is 0 Å². The van der Waals surface area contributed by atoms with Crippen molar-refractivity contribution >= 4 is 50.7 Å². The number of carbonyl (C=O) groups excluding carboxylic acids is 3. The molecule has 1 saturated heterocycles. The zero-order valence-electron chi connectivity index (χ0n) is 16.1. The summed E-state index contributed by atoms with van der Waals surface area (Å²) in [6.45, 7) is 3.78. The molecule has 1 aliphatic rings. The Morgan fingerprint density at radius 2 is 1.79 bits per heavy atom. The minimum Gasteiger partial charge on any atom is -0.491 e. The molecule has 0 N–H and O–H groups in total. The van der Waals surface area contributed by atoms with Gasteiger partial charge in [-0.05, 0) is 61.0 Å².